The van der Waals surface area contributed by atoms with Crippen LogP contribution in [0.1, 0.15) is 16.7 Å². The standard InChI is InChI=1S/C16H18N4.2C7H8O3S/c1-11-3-2-4-12(7-11)14-5-6-16(19-18-14)20-9-13-8-17-15(13)10-20;2*1-6-2-4-7(5-3-6)11(8,9)10/h2-7,13,15,17H,8-10H2,1H3;2*2-5H,1H3,(H,8,9,10). The van der Waals surface area contributed by atoms with Gasteiger partial charge < -0.3 is 10.2 Å². The van der Waals surface area contributed by atoms with Gasteiger partial charge in [-0.3, -0.25) is 9.11 Å². The zero-order chi connectivity index (χ0) is 30.5. The van der Waals surface area contributed by atoms with E-state index in [0.29, 0.717) is 6.04 Å². The fourth-order valence-electron chi connectivity index (χ4n) is 4.51. The Bertz CT molecular complexity index is 1630. The molecular weight excluding hydrogens is 576 g/mol. The summed E-state index contributed by atoms with van der Waals surface area (Å²) in [5.41, 5.74) is 5.23. The lowest BCUT2D eigenvalue weighted by Crippen LogP contribution is -2.51. The molecule has 12 heteroatoms. The van der Waals surface area contributed by atoms with Crippen LogP contribution in [0, 0.1) is 26.7 Å². The molecule has 10 nitrogen and oxygen atoms in total. The summed E-state index contributed by atoms with van der Waals surface area (Å²) in [5.74, 6) is 1.80. The number of hydrogen-bond donors (Lipinski definition) is 3. The Morgan fingerprint density at radius 3 is 1.67 bits per heavy atom. The van der Waals surface area contributed by atoms with Crippen molar-refractivity contribution in [3.8, 4) is 11.3 Å². The predicted octanol–water partition coefficient (Wildman–Crippen LogP) is 4.34. The third kappa shape index (κ3) is 8.43. The van der Waals surface area contributed by atoms with Crippen molar-refractivity contribution in [2.75, 3.05) is 24.5 Å². The molecule has 0 saturated carbocycles. The summed E-state index contributed by atoms with van der Waals surface area (Å²) in [5, 5.41) is 12.3. The SMILES string of the molecule is Cc1ccc(S(=O)(=O)O)cc1.Cc1ccc(S(=O)(=O)O)cc1.Cc1cccc(-c2ccc(N3CC4CNC4C3)nn2)c1. The molecule has 2 saturated heterocycles. The molecule has 3 aromatic carbocycles. The summed E-state index contributed by atoms with van der Waals surface area (Å²) in [4.78, 5) is 2.20. The molecular formula is C30H34N4O6S2. The number of nitrogens with zero attached hydrogens (tertiary/aromatic N) is 3. The average molecular weight is 611 g/mol. The lowest BCUT2D eigenvalue weighted by atomic mass is 9.96. The van der Waals surface area contributed by atoms with Gasteiger partial charge in [0.2, 0.25) is 0 Å². The first-order valence-corrected chi connectivity index (χ1v) is 16.1. The maximum Gasteiger partial charge on any atom is 0.294 e. The molecule has 2 atom stereocenters. The number of aromatic nitrogens is 2. The van der Waals surface area contributed by atoms with Gasteiger partial charge in [-0.1, -0.05) is 59.2 Å². The van der Waals surface area contributed by atoms with E-state index in [1.54, 1.807) is 24.3 Å². The van der Waals surface area contributed by atoms with Gasteiger partial charge >= 0.3 is 0 Å². The molecule has 42 heavy (non-hydrogen) atoms. The number of aryl methyl sites for hydroxylation is 3. The van der Waals surface area contributed by atoms with Crippen molar-refractivity contribution in [2.45, 2.75) is 36.6 Å². The normalized spacial score (nSPS) is 17.6. The van der Waals surface area contributed by atoms with E-state index in [0.717, 1.165) is 53.8 Å². The quantitative estimate of drug-likeness (QED) is 0.285. The molecule has 0 spiro atoms. The van der Waals surface area contributed by atoms with Crippen LogP contribution in [0.25, 0.3) is 11.3 Å². The molecule has 2 aliphatic rings. The van der Waals surface area contributed by atoms with Gasteiger partial charge in [0.25, 0.3) is 20.2 Å². The van der Waals surface area contributed by atoms with Gasteiger partial charge in [0.15, 0.2) is 5.82 Å². The number of anilines is 1. The largest absolute Gasteiger partial charge is 0.353 e. The van der Waals surface area contributed by atoms with E-state index in [2.05, 4.69) is 63.7 Å². The fraction of sp³-hybridized carbons (Fsp3) is 0.267. The van der Waals surface area contributed by atoms with Gasteiger partial charge in [0.1, 0.15) is 0 Å². The number of benzene rings is 3. The predicted molar refractivity (Wildman–Crippen MR) is 162 cm³/mol. The highest BCUT2D eigenvalue weighted by Gasteiger charge is 2.39. The van der Waals surface area contributed by atoms with Gasteiger partial charge in [-0.15, -0.1) is 10.2 Å². The van der Waals surface area contributed by atoms with E-state index in [4.69, 9.17) is 9.11 Å². The van der Waals surface area contributed by atoms with Crippen molar-refractivity contribution in [1.29, 1.82) is 0 Å². The second kappa shape index (κ2) is 13.1. The summed E-state index contributed by atoms with van der Waals surface area (Å²) >= 11 is 0. The summed E-state index contributed by atoms with van der Waals surface area (Å²) in [6, 6.07) is 25.2. The van der Waals surface area contributed by atoms with Crippen LogP contribution in [0.15, 0.2) is 94.7 Å². The summed E-state index contributed by atoms with van der Waals surface area (Å²) < 4.78 is 59.1. The van der Waals surface area contributed by atoms with Gasteiger partial charge in [-0.2, -0.15) is 16.8 Å². The third-order valence-electron chi connectivity index (χ3n) is 7.01. The molecule has 222 valence electrons. The van der Waals surface area contributed by atoms with Crippen molar-refractivity contribution in [1.82, 2.24) is 15.5 Å². The molecule has 3 heterocycles. The van der Waals surface area contributed by atoms with Crippen LogP contribution in [0.5, 0.6) is 0 Å². The van der Waals surface area contributed by atoms with E-state index < -0.39 is 20.2 Å². The van der Waals surface area contributed by atoms with Gasteiger partial charge in [0, 0.05) is 37.2 Å². The molecule has 3 N–H and O–H groups in total. The Morgan fingerprint density at radius 2 is 1.29 bits per heavy atom. The maximum absolute atomic E-state index is 10.5. The van der Waals surface area contributed by atoms with Gasteiger partial charge in [-0.25, -0.2) is 0 Å². The van der Waals surface area contributed by atoms with Crippen LogP contribution >= 0.6 is 0 Å². The molecule has 0 radical (unpaired) electrons. The topological polar surface area (TPSA) is 150 Å². The Hall–Kier alpha value is -3.68. The van der Waals surface area contributed by atoms with Crippen molar-refractivity contribution in [2.24, 2.45) is 5.92 Å². The van der Waals surface area contributed by atoms with E-state index >= 15 is 0 Å². The van der Waals surface area contributed by atoms with Crippen LogP contribution < -0.4 is 10.2 Å². The molecule has 0 bridgehead atoms. The smallest absolute Gasteiger partial charge is 0.294 e. The molecule has 4 aromatic rings. The average Bonchev–Trinajstić information content (AvgIpc) is 3.22. The zero-order valence-corrected chi connectivity index (χ0v) is 25.2. The number of fused-ring (bicyclic) bond motifs is 1. The number of rotatable bonds is 4. The summed E-state index contributed by atoms with van der Waals surface area (Å²) in [7, 11) is -8.04. The van der Waals surface area contributed by atoms with Crippen molar-refractivity contribution in [3.05, 3.63) is 102 Å². The molecule has 1 aromatic heterocycles. The first-order chi connectivity index (χ1) is 19.8. The van der Waals surface area contributed by atoms with Crippen molar-refractivity contribution < 1.29 is 25.9 Å². The van der Waals surface area contributed by atoms with Crippen LogP contribution in [0.4, 0.5) is 5.82 Å². The Balaban J connectivity index is 0.000000158. The van der Waals surface area contributed by atoms with Crippen LogP contribution in [-0.4, -0.2) is 61.8 Å². The monoisotopic (exact) mass is 610 g/mol. The zero-order valence-electron chi connectivity index (χ0n) is 23.5. The first kappa shape index (κ1) is 31.3. The lowest BCUT2D eigenvalue weighted by molar-refractivity contribution is 0.297. The van der Waals surface area contributed by atoms with E-state index in [-0.39, 0.29) is 9.79 Å². The minimum Gasteiger partial charge on any atom is -0.353 e. The van der Waals surface area contributed by atoms with E-state index in [1.165, 1.54) is 29.8 Å². The second-order valence-corrected chi connectivity index (χ2v) is 13.2. The van der Waals surface area contributed by atoms with E-state index in [1.807, 2.05) is 13.8 Å². The molecule has 0 amide bonds. The molecule has 2 aliphatic heterocycles. The third-order valence-corrected chi connectivity index (χ3v) is 8.74. The Morgan fingerprint density at radius 1 is 0.714 bits per heavy atom. The molecule has 2 fully saturated rings. The van der Waals surface area contributed by atoms with Crippen molar-refractivity contribution >= 4 is 26.1 Å². The van der Waals surface area contributed by atoms with Gasteiger partial charge in [-0.05, 0) is 63.2 Å². The maximum atomic E-state index is 10.5. The fourth-order valence-corrected chi connectivity index (χ4v) is 5.47. The molecule has 6 rings (SSSR count). The summed E-state index contributed by atoms with van der Waals surface area (Å²) in [6.07, 6.45) is 0. The number of hydrogen-bond acceptors (Lipinski definition) is 8. The highest BCUT2D eigenvalue weighted by molar-refractivity contribution is 7.86. The van der Waals surface area contributed by atoms with Crippen molar-refractivity contribution in [3.63, 3.8) is 0 Å². The minimum atomic E-state index is -4.02. The second-order valence-electron chi connectivity index (χ2n) is 10.4. The van der Waals surface area contributed by atoms with Crippen LogP contribution in [0.2, 0.25) is 0 Å². The molecule has 0 aliphatic carbocycles. The highest BCUT2D eigenvalue weighted by atomic mass is 32.2. The first-order valence-electron chi connectivity index (χ1n) is 13.3. The molecule has 2 unspecified atom stereocenters. The Labute approximate surface area is 246 Å². The Kier molecular flexibility index (Phi) is 9.74. The van der Waals surface area contributed by atoms with Crippen LogP contribution in [-0.2, 0) is 20.2 Å². The van der Waals surface area contributed by atoms with E-state index in [9.17, 15) is 16.8 Å². The minimum absolute atomic E-state index is 0.0666. The summed E-state index contributed by atoms with van der Waals surface area (Å²) in [6.45, 7) is 9.09. The lowest BCUT2D eigenvalue weighted by Gasteiger charge is -2.29. The van der Waals surface area contributed by atoms with Gasteiger partial charge in [0.05, 0.1) is 15.5 Å². The highest BCUT2D eigenvalue weighted by Crippen LogP contribution is 2.27. The number of nitrogens with one attached hydrogen (secondary N) is 1. The van der Waals surface area contributed by atoms with Crippen LogP contribution in [0.3, 0.4) is 0 Å².